The zero-order valence-corrected chi connectivity index (χ0v) is 10.8. The van der Waals surface area contributed by atoms with Crippen LogP contribution in [0.25, 0.3) is 5.82 Å². The van der Waals surface area contributed by atoms with Crippen molar-refractivity contribution < 1.29 is 4.79 Å². The molecule has 2 heterocycles. The molecule has 0 unspecified atom stereocenters. The van der Waals surface area contributed by atoms with Gasteiger partial charge in [0.1, 0.15) is 0 Å². The Hall–Kier alpha value is -2.75. The van der Waals surface area contributed by atoms with Crippen LogP contribution in [0, 0.1) is 0 Å². The van der Waals surface area contributed by atoms with Crippen molar-refractivity contribution in [3.8, 4) is 5.82 Å². The van der Waals surface area contributed by atoms with E-state index in [0.29, 0.717) is 17.8 Å². The lowest BCUT2D eigenvalue weighted by Gasteiger charge is -1.99. The number of aldehydes is 1. The number of carbonyl (C=O) groups excluding carboxylic acids is 1. The highest BCUT2D eigenvalue weighted by atomic mass is 16.1. The molecule has 3 rings (SSSR count). The lowest BCUT2D eigenvalue weighted by molar-refractivity contribution is 0.112. The van der Waals surface area contributed by atoms with Crippen molar-refractivity contribution in [2.45, 2.75) is 6.42 Å². The number of hydrogen-bond acceptors (Lipinski definition) is 3. The lowest BCUT2D eigenvalue weighted by Crippen LogP contribution is -1.98. The molecule has 0 saturated carbocycles. The Bertz CT molecular complexity index is 705. The average Bonchev–Trinajstić information content (AvgIpc) is 2.92. The second-order valence-corrected chi connectivity index (χ2v) is 4.44. The molecule has 0 saturated heterocycles. The first-order valence-corrected chi connectivity index (χ1v) is 6.36. The van der Waals surface area contributed by atoms with E-state index in [1.54, 1.807) is 17.1 Å². The van der Waals surface area contributed by atoms with E-state index in [1.807, 2.05) is 48.5 Å². The first-order chi connectivity index (χ1) is 9.86. The summed E-state index contributed by atoms with van der Waals surface area (Å²) in [5.41, 5.74) is 2.48. The Morgan fingerprint density at radius 2 is 1.85 bits per heavy atom. The zero-order chi connectivity index (χ0) is 13.8. The largest absolute Gasteiger partial charge is 0.298 e. The third-order valence-electron chi connectivity index (χ3n) is 3.05. The maximum atomic E-state index is 11.2. The van der Waals surface area contributed by atoms with E-state index in [0.717, 1.165) is 17.5 Å². The third-order valence-corrected chi connectivity index (χ3v) is 3.05. The minimum Gasteiger partial charge on any atom is -0.298 e. The van der Waals surface area contributed by atoms with E-state index in [4.69, 9.17) is 0 Å². The van der Waals surface area contributed by atoms with Gasteiger partial charge in [-0.3, -0.25) is 4.79 Å². The van der Waals surface area contributed by atoms with Crippen molar-refractivity contribution in [3.05, 3.63) is 77.7 Å². The smallest absolute Gasteiger partial charge is 0.153 e. The fraction of sp³-hybridized carbons (Fsp3) is 0.0625. The van der Waals surface area contributed by atoms with E-state index in [2.05, 4.69) is 10.1 Å². The van der Waals surface area contributed by atoms with E-state index >= 15 is 0 Å². The van der Waals surface area contributed by atoms with Gasteiger partial charge < -0.3 is 0 Å². The highest BCUT2D eigenvalue weighted by Gasteiger charge is 2.10. The summed E-state index contributed by atoms with van der Waals surface area (Å²) >= 11 is 0. The molecule has 98 valence electrons. The molecule has 4 nitrogen and oxygen atoms in total. The minimum atomic E-state index is 0.597. The van der Waals surface area contributed by atoms with Crippen LogP contribution in [-0.2, 0) is 6.42 Å². The Kier molecular flexibility index (Phi) is 3.37. The van der Waals surface area contributed by atoms with E-state index < -0.39 is 0 Å². The molecule has 3 aromatic rings. The summed E-state index contributed by atoms with van der Waals surface area (Å²) in [4.78, 5) is 15.4. The summed E-state index contributed by atoms with van der Waals surface area (Å²) in [5.74, 6) is 0.704. The molecule has 0 spiro atoms. The number of carbonyl (C=O) groups is 1. The number of hydrogen-bond donors (Lipinski definition) is 0. The van der Waals surface area contributed by atoms with Crippen molar-refractivity contribution in [1.29, 1.82) is 0 Å². The number of aromatic nitrogens is 3. The van der Waals surface area contributed by atoms with Crippen molar-refractivity contribution >= 4 is 6.29 Å². The maximum Gasteiger partial charge on any atom is 0.153 e. The van der Waals surface area contributed by atoms with E-state index in [1.165, 1.54) is 0 Å². The number of benzene rings is 1. The predicted octanol–water partition coefficient (Wildman–Crippen LogP) is 2.67. The summed E-state index contributed by atoms with van der Waals surface area (Å²) in [6.07, 6.45) is 4.89. The van der Waals surface area contributed by atoms with Crippen LogP contribution < -0.4 is 0 Å². The third kappa shape index (κ3) is 2.49. The minimum absolute atomic E-state index is 0.597. The second kappa shape index (κ2) is 5.48. The van der Waals surface area contributed by atoms with Crippen LogP contribution in [0.4, 0.5) is 0 Å². The van der Waals surface area contributed by atoms with Gasteiger partial charge in [-0.15, -0.1) is 0 Å². The molecule has 0 aliphatic rings. The molecule has 0 amide bonds. The topological polar surface area (TPSA) is 47.8 Å². The Labute approximate surface area is 116 Å². The highest BCUT2D eigenvalue weighted by Crippen LogP contribution is 2.13. The summed E-state index contributed by atoms with van der Waals surface area (Å²) in [7, 11) is 0. The van der Waals surface area contributed by atoms with Gasteiger partial charge in [-0.1, -0.05) is 36.4 Å². The van der Waals surface area contributed by atoms with Gasteiger partial charge >= 0.3 is 0 Å². The predicted molar refractivity (Wildman–Crippen MR) is 76.0 cm³/mol. The first-order valence-electron chi connectivity index (χ1n) is 6.36. The molecule has 0 radical (unpaired) electrons. The SMILES string of the molecule is O=Cc1cn(-c2ccccn2)nc1Cc1ccccc1. The van der Waals surface area contributed by atoms with Gasteiger partial charge in [0, 0.05) is 18.8 Å². The van der Waals surface area contributed by atoms with Gasteiger partial charge in [0.2, 0.25) is 0 Å². The van der Waals surface area contributed by atoms with Crippen LogP contribution in [0.3, 0.4) is 0 Å². The molecule has 0 N–H and O–H groups in total. The molecule has 0 aliphatic carbocycles. The molecule has 0 fully saturated rings. The standard InChI is InChI=1S/C16H13N3O/c20-12-14-11-19(16-8-4-5-9-17-16)18-15(14)10-13-6-2-1-3-7-13/h1-9,11-12H,10H2. The zero-order valence-electron chi connectivity index (χ0n) is 10.8. The molecular formula is C16H13N3O. The summed E-state index contributed by atoms with van der Waals surface area (Å²) in [6.45, 7) is 0. The normalized spacial score (nSPS) is 10.4. The summed E-state index contributed by atoms with van der Waals surface area (Å²) in [5, 5.41) is 4.47. The quantitative estimate of drug-likeness (QED) is 0.680. The molecule has 1 aromatic carbocycles. The fourth-order valence-electron chi connectivity index (χ4n) is 2.05. The monoisotopic (exact) mass is 263 g/mol. The molecule has 20 heavy (non-hydrogen) atoms. The number of pyridine rings is 1. The molecule has 2 aromatic heterocycles. The number of rotatable bonds is 4. The van der Waals surface area contributed by atoms with Gasteiger partial charge in [0.05, 0.1) is 11.3 Å². The van der Waals surface area contributed by atoms with Crippen LogP contribution in [0.2, 0.25) is 0 Å². The van der Waals surface area contributed by atoms with Crippen molar-refractivity contribution in [1.82, 2.24) is 14.8 Å². The van der Waals surface area contributed by atoms with E-state index in [-0.39, 0.29) is 0 Å². The van der Waals surface area contributed by atoms with Gasteiger partial charge in [0.25, 0.3) is 0 Å². The van der Waals surface area contributed by atoms with Crippen LogP contribution in [0.5, 0.6) is 0 Å². The van der Waals surface area contributed by atoms with Crippen molar-refractivity contribution in [2.24, 2.45) is 0 Å². The van der Waals surface area contributed by atoms with Gasteiger partial charge in [-0.25, -0.2) is 9.67 Å². The molecule has 0 atom stereocenters. The number of nitrogens with zero attached hydrogens (tertiary/aromatic N) is 3. The van der Waals surface area contributed by atoms with Crippen LogP contribution in [-0.4, -0.2) is 21.1 Å². The second-order valence-electron chi connectivity index (χ2n) is 4.44. The van der Waals surface area contributed by atoms with Gasteiger partial charge in [-0.2, -0.15) is 5.10 Å². The highest BCUT2D eigenvalue weighted by molar-refractivity contribution is 5.76. The van der Waals surface area contributed by atoms with Crippen LogP contribution in [0.1, 0.15) is 21.6 Å². The van der Waals surface area contributed by atoms with Crippen molar-refractivity contribution in [3.63, 3.8) is 0 Å². The Morgan fingerprint density at radius 3 is 2.55 bits per heavy atom. The maximum absolute atomic E-state index is 11.2. The molecule has 0 aliphatic heterocycles. The first kappa shape index (κ1) is 12.3. The summed E-state index contributed by atoms with van der Waals surface area (Å²) < 4.78 is 1.64. The van der Waals surface area contributed by atoms with Crippen molar-refractivity contribution in [2.75, 3.05) is 0 Å². The molecular weight excluding hydrogens is 250 g/mol. The van der Waals surface area contributed by atoms with E-state index in [9.17, 15) is 4.79 Å². The Morgan fingerprint density at radius 1 is 1.05 bits per heavy atom. The van der Waals surface area contributed by atoms with Crippen LogP contribution >= 0.6 is 0 Å². The lowest BCUT2D eigenvalue weighted by atomic mass is 10.1. The van der Waals surface area contributed by atoms with Gasteiger partial charge in [-0.05, 0) is 17.7 Å². The van der Waals surface area contributed by atoms with Gasteiger partial charge in [0.15, 0.2) is 12.1 Å². The average molecular weight is 263 g/mol. The molecule has 0 bridgehead atoms. The van der Waals surface area contributed by atoms with Crippen LogP contribution in [0.15, 0.2) is 60.9 Å². The molecule has 4 heteroatoms. The summed E-state index contributed by atoms with van der Waals surface area (Å²) in [6, 6.07) is 15.6. The Balaban J connectivity index is 1.95. The fourth-order valence-corrected chi connectivity index (χ4v) is 2.05.